The molecule has 0 unspecified atom stereocenters. The van der Waals surface area contributed by atoms with Gasteiger partial charge >= 0.3 is 0 Å². The molecule has 1 fully saturated rings. The van der Waals surface area contributed by atoms with Gasteiger partial charge in [0.15, 0.2) is 10.8 Å². The first kappa shape index (κ1) is 21.7. The number of nitrogens with one attached hydrogen (secondary N) is 2. The Kier molecular flexibility index (Phi) is 5.26. The van der Waals surface area contributed by atoms with Gasteiger partial charge in [-0.25, -0.2) is 4.39 Å². The molecule has 8 heteroatoms. The lowest BCUT2D eigenvalue weighted by atomic mass is 9.78. The Morgan fingerprint density at radius 2 is 1.85 bits per heavy atom. The van der Waals surface area contributed by atoms with Gasteiger partial charge in [-0.2, -0.15) is 0 Å². The van der Waals surface area contributed by atoms with E-state index in [9.17, 15) is 9.18 Å². The number of hydrogen-bond acceptors (Lipinski definition) is 3. The van der Waals surface area contributed by atoms with Crippen molar-refractivity contribution < 1.29 is 13.9 Å². The molecule has 5 rings (SSSR count). The van der Waals surface area contributed by atoms with Crippen molar-refractivity contribution in [2.45, 2.75) is 25.6 Å². The number of nitrogens with zero attached hydrogens (tertiary/aromatic N) is 1. The summed E-state index contributed by atoms with van der Waals surface area (Å²) >= 11 is 11.7. The molecule has 1 saturated heterocycles. The number of aryl methyl sites for hydroxylation is 1. The maximum absolute atomic E-state index is 13.7. The molecule has 3 aromatic rings. The predicted octanol–water partition coefficient (Wildman–Crippen LogP) is 5.59. The summed E-state index contributed by atoms with van der Waals surface area (Å²) in [5.41, 5.74) is 1.99. The summed E-state index contributed by atoms with van der Waals surface area (Å²) in [5, 5.41) is 7.31. The van der Waals surface area contributed by atoms with Gasteiger partial charge in [0.25, 0.3) is 0 Å². The minimum absolute atomic E-state index is 0.237. The van der Waals surface area contributed by atoms with E-state index >= 15 is 0 Å². The zero-order valence-electron chi connectivity index (χ0n) is 17.9. The van der Waals surface area contributed by atoms with Crippen molar-refractivity contribution in [2.75, 3.05) is 10.2 Å². The number of hydrogen-bond donors (Lipinski definition) is 2. The Balaban J connectivity index is 1.62. The molecular weight excluding hydrogens is 461 g/mol. The Hall–Kier alpha value is -3.16. The predicted molar refractivity (Wildman–Crippen MR) is 131 cm³/mol. The first-order valence-electron chi connectivity index (χ1n) is 10.5. The number of carbonyl (C=O) groups excluding carboxylic acids is 1. The van der Waals surface area contributed by atoms with E-state index in [0.717, 1.165) is 11.1 Å². The summed E-state index contributed by atoms with van der Waals surface area (Å²) in [6, 6.07) is 18.4. The normalized spacial score (nSPS) is 23.3. The molecule has 0 saturated carbocycles. The van der Waals surface area contributed by atoms with E-state index in [2.05, 4.69) is 10.6 Å². The zero-order valence-corrected chi connectivity index (χ0v) is 19.5. The highest BCUT2D eigenvalue weighted by Gasteiger charge is 2.59. The first-order chi connectivity index (χ1) is 15.8. The van der Waals surface area contributed by atoms with Crippen LogP contribution in [0.4, 0.5) is 15.8 Å². The maximum atomic E-state index is 13.7. The lowest BCUT2D eigenvalue weighted by molar-refractivity contribution is -0.130. The van der Waals surface area contributed by atoms with Crippen LogP contribution in [0.1, 0.15) is 24.1 Å². The van der Waals surface area contributed by atoms with Crippen LogP contribution in [0.25, 0.3) is 0 Å². The molecule has 168 valence electrons. The number of fused-ring (bicyclic) bond motifs is 4. The second kappa shape index (κ2) is 8.01. The molecule has 0 aromatic heterocycles. The van der Waals surface area contributed by atoms with Crippen molar-refractivity contribution in [3.8, 4) is 5.75 Å². The molecule has 3 aromatic carbocycles. The van der Waals surface area contributed by atoms with Gasteiger partial charge in [0.2, 0.25) is 5.91 Å². The van der Waals surface area contributed by atoms with Crippen LogP contribution in [0.2, 0.25) is 5.02 Å². The number of halogens is 2. The van der Waals surface area contributed by atoms with Crippen LogP contribution < -0.4 is 20.3 Å². The Morgan fingerprint density at radius 3 is 2.55 bits per heavy atom. The SMILES string of the molecule is Cc1ccc2c(c1)[C@@H]1NC(=S)N(c3ccc(F)cc3)[C@@](C)(O2)[C@@H]1C(=O)Nc1ccc(Cl)cc1. The van der Waals surface area contributed by atoms with Gasteiger partial charge in [-0.15, -0.1) is 0 Å². The molecular formula is C25H21ClFN3O2S. The standard InChI is InChI=1S/C25H21ClFN3O2S/c1-14-3-12-20-19(13-14)22-21(23(31)28-17-8-4-15(26)5-9-17)25(2,32-20)30(24(33)29-22)18-10-6-16(27)7-11-18/h3-13,21-22H,1-2H3,(H,28,31)(H,29,33)/t21-,22-,25-/m0/s1. The molecule has 3 atom stereocenters. The summed E-state index contributed by atoms with van der Waals surface area (Å²) in [6.45, 7) is 3.83. The summed E-state index contributed by atoms with van der Waals surface area (Å²) in [6.07, 6.45) is 0. The molecule has 2 aliphatic heterocycles. The molecule has 2 heterocycles. The van der Waals surface area contributed by atoms with Crippen LogP contribution >= 0.6 is 23.8 Å². The summed E-state index contributed by atoms with van der Waals surface area (Å²) in [7, 11) is 0. The molecule has 2 aliphatic rings. The van der Waals surface area contributed by atoms with Crippen LogP contribution in [-0.4, -0.2) is 16.7 Å². The van der Waals surface area contributed by atoms with Crippen molar-refractivity contribution in [2.24, 2.45) is 5.92 Å². The minimum atomic E-state index is -1.16. The fourth-order valence-corrected chi connectivity index (χ4v) is 5.18. The molecule has 2 bridgehead atoms. The van der Waals surface area contributed by atoms with Crippen LogP contribution in [0.5, 0.6) is 5.75 Å². The summed E-state index contributed by atoms with van der Waals surface area (Å²) in [5.74, 6) is -0.607. The highest BCUT2D eigenvalue weighted by molar-refractivity contribution is 7.80. The molecule has 0 spiro atoms. The lowest BCUT2D eigenvalue weighted by Crippen LogP contribution is -2.72. The highest BCUT2D eigenvalue weighted by atomic mass is 35.5. The third-order valence-corrected chi connectivity index (χ3v) is 6.68. The first-order valence-corrected chi connectivity index (χ1v) is 11.3. The van der Waals surface area contributed by atoms with Crippen LogP contribution in [0.3, 0.4) is 0 Å². The topological polar surface area (TPSA) is 53.6 Å². The maximum Gasteiger partial charge on any atom is 0.236 e. The Bertz CT molecular complexity index is 1250. The Labute approximate surface area is 201 Å². The van der Waals surface area contributed by atoms with E-state index in [0.29, 0.717) is 27.3 Å². The van der Waals surface area contributed by atoms with E-state index in [1.54, 1.807) is 41.3 Å². The quantitative estimate of drug-likeness (QED) is 0.478. The number of ether oxygens (including phenoxy) is 1. The number of carbonyl (C=O) groups is 1. The van der Waals surface area contributed by atoms with Crippen molar-refractivity contribution in [1.82, 2.24) is 5.32 Å². The second-order valence-electron chi connectivity index (χ2n) is 8.41. The van der Waals surface area contributed by atoms with Crippen molar-refractivity contribution >= 4 is 46.2 Å². The Morgan fingerprint density at radius 1 is 1.15 bits per heavy atom. The largest absolute Gasteiger partial charge is 0.467 e. The van der Waals surface area contributed by atoms with Gasteiger partial charge in [-0.3, -0.25) is 9.69 Å². The van der Waals surface area contributed by atoms with Gasteiger partial charge in [0.05, 0.1) is 6.04 Å². The number of rotatable bonds is 3. The fraction of sp³-hybridized carbons (Fsp3) is 0.200. The molecule has 1 amide bonds. The molecule has 2 N–H and O–H groups in total. The van der Waals surface area contributed by atoms with Gasteiger partial charge in [-0.1, -0.05) is 29.3 Å². The summed E-state index contributed by atoms with van der Waals surface area (Å²) in [4.78, 5) is 15.5. The van der Waals surface area contributed by atoms with Crippen LogP contribution in [0.15, 0.2) is 66.7 Å². The van der Waals surface area contributed by atoms with Crippen LogP contribution in [-0.2, 0) is 4.79 Å². The summed E-state index contributed by atoms with van der Waals surface area (Å²) < 4.78 is 20.2. The average Bonchev–Trinajstić information content (AvgIpc) is 2.77. The van der Waals surface area contributed by atoms with E-state index in [-0.39, 0.29) is 11.7 Å². The molecule has 0 radical (unpaired) electrons. The van der Waals surface area contributed by atoms with Gasteiger partial charge in [0.1, 0.15) is 17.5 Å². The fourth-order valence-electron chi connectivity index (χ4n) is 4.64. The van der Waals surface area contributed by atoms with E-state index < -0.39 is 17.7 Å². The minimum Gasteiger partial charge on any atom is -0.467 e. The van der Waals surface area contributed by atoms with Gasteiger partial charge in [-0.05, 0) is 80.7 Å². The van der Waals surface area contributed by atoms with Crippen LogP contribution in [0, 0.1) is 18.7 Å². The smallest absolute Gasteiger partial charge is 0.236 e. The van der Waals surface area contributed by atoms with Crippen molar-refractivity contribution in [1.29, 1.82) is 0 Å². The third kappa shape index (κ3) is 3.71. The number of amides is 1. The number of benzene rings is 3. The van der Waals surface area contributed by atoms with Crippen molar-refractivity contribution in [3.63, 3.8) is 0 Å². The second-order valence-corrected chi connectivity index (χ2v) is 9.23. The zero-order chi connectivity index (χ0) is 23.3. The van der Waals surface area contributed by atoms with E-state index in [4.69, 9.17) is 28.6 Å². The van der Waals surface area contributed by atoms with Crippen molar-refractivity contribution in [3.05, 3.63) is 88.7 Å². The molecule has 33 heavy (non-hydrogen) atoms. The monoisotopic (exact) mass is 481 g/mol. The average molecular weight is 482 g/mol. The van der Waals surface area contributed by atoms with Gasteiger partial charge < -0.3 is 15.4 Å². The number of anilines is 2. The third-order valence-electron chi connectivity index (χ3n) is 6.13. The molecule has 0 aliphatic carbocycles. The van der Waals surface area contributed by atoms with E-state index in [1.165, 1.54) is 12.1 Å². The van der Waals surface area contributed by atoms with E-state index in [1.807, 2.05) is 32.0 Å². The van der Waals surface area contributed by atoms with Gasteiger partial charge in [0, 0.05) is 22.0 Å². The number of thiocarbonyl (C=S) groups is 1. The highest BCUT2D eigenvalue weighted by Crippen LogP contribution is 2.50. The molecule has 5 nitrogen and oxygen atoms in total. The lowest BCUT2D eigenvalue weighted by Gasteiger charge is -2.56.